The van der Waals surface area contributed by atoms with E-state index in [2.05, 4.69) is 27.8 Å². The van der Waals surface area contributed by atoms with Crippen LogP contribution < -0.4 is 10.6 Å². The molecule has 0 saturated heterocycles. The predicted molar refractivity (Wildman–Crippen MR) is 76.0 cm³/mol. The molecule has 0 saturated carbocycles. The molecule has 2 N–H and O–H groups in total. The SMILES string of the molecule is CCNC(=O)c1cc(NCc2ccccc2)ccn1. The fraction of sp³-hybridized carbons (Fsp3) is 0.200. The van der Waals surface area contributed by atoms with E-state index in [1.807, 2.05) is 31.2 Å². The highest BCUT2D eigenvalue weighted by Crippen LogP contribution is 2.10. The molecule has 1 heterocycles. The topological polar surface area (TPSA) is 54.0 Å². The Morgan fingerprint density at radius 1 is 1.21 bits per heavy atom. The van der Waals surface area contributed by atoms with E-state index in [0.29, 0.717) is 12.2 Å². The number of anilines is 1. The van der Waals surface area contributed by atoms with Crippen molar-refractivity contribution in [3.63, 3.8) is 0 Å². The number of hydrogen-bond acceptors (Lipinski definition) is 3. The highest BCUT2D eigenvalue weighted by Gasteiger charge is 2.06. The van der Waals surface area contributed by atoms with E-state index in [0.717, 1.165) is 12.2 Å². The average Bonchev–Trinajstić information content (AvgIpc) is 2.47. The number of carbonyl (C=O) groups excluding carboxylic acids is 1. The molecule has 1 aromatic carbocycles. The van der Waals surface area contributed by atoms with Crippen molar-refractivity contribution in [2.45, 2.75) is 13.5 Å². The Labute approximate surface area is 112 Å². The van der Waals surface area contributed by atoms with Crippen LogP contribution in [0.25, 0.3) is 0 Å². The van der Waals surface area contributed by atoms with Crippen LogP contribution in [0.15, 0.2) is 48.7 Å². The molecule has 0 fully saturated rings. The van der Waals surface area contributed by atoms with Crippen LogP contribution in [0.3, 0.4) is 0 Å². The van der Waals surface area contributed by atoms with E-state index < -0.39 is 0 Å². The standard InChI is InChI=1S/C15H17N3O/c1-2-16-15(19)14-10-13(8-9-17-14)18-11-12-6-4-3-5-7-12/h3-10H,2,11H2,1H3,(H,16,19)(H,17,18). The molecule has 2 rings (SSSR count). The van der Waals surface area contributed by atoms with Crippen molar-refractivity contribution in [3.05, 3.63) is 59.9 Å². The molecule has 0 radical (unpaired) electrons. The van der Waals surface area contributed by atoms with Gasteiger partial charge in [-0.1, -0.05) is 30.3 Å². The minimum Gasteiger partial charge on any atom is -0.381 e. The number of nitrogens with zero attached hydrogens (tertiary/aromatic N) is 1. The molecule has 2 aromatic rings. The summed E-state index contributed by atoms with van der Waals surface area (Å²) in [4.78, 5) is 15.7. The first kappa shape index (κ1) is 13.1. The van der Waals surface area contributed by atoms with Gasteiger partial charge in [0, 0.05) is 25.0 Å². The second-order valence-electron chi connectivity index (χ2n) is 4.13. The number of carbonyl (C=O) groups is 1. The summed E-state index contributed by atoms with van der Waals surface area (Å²) in [5.74, 6) is -0.147. The molecular weight excluding hydrogens is 238 g/mol. The summed E-state index contributed by atoms with van der Waals surface area (Å²) >= 11 is 0. The number of nitrogens with one attached hydrogen (secondary N) is 2. The fourth-order valence-corrected chi connectivity index (χ4v) is 1.72. The third-order valence-electron chi connectivity index (χ3n) is 2.67. The van der Waals surface area contributed by atoms with Crippen molar-refractivity contribution >= 4 is 11.6 Å². The molecule has 0 atom stereocenters. The third kappa shape index (κ3) is 3.81. The van der Waals surface area contributed by atoms with Crippen LogP contribution in [-0.4, -0.2) is 17.4 Å². The molecule has 4 heteroatoms. The van der Waals surface area contributed by atoms with Gasteiger partial charge in [-0.2, -0.15) is 0 Å². The van der Waals surface area contributed by atoms with Crippen molar-refractivity contribution in [2.24, 2.45) is 0 Å². The van der Waals surface area contributed by atoms with Gasteiger partial charge >= 0.3 is 0 Å². The first-order chi connectivity index (χ1) is 9.29. The number of pyridine rings is 1. The highest BCUT2D eigenvalue weighted by atomic mass is 16.1. The monoisotopic (exact) mass is 255 g/mol. The Bertz CT molecular complexity index is 540. The third-order valence-corrected chi connectivity index (χ3v) is 2.67. The maximum absolute atomic E-state index is 11.7. The smallest absolute Gasteiger partial charge is 0.269 e. The van der Waals surface area contributed by atoms with Crippen LogP contribution in [0.2, 0.25) is 0 Å². The number of amides is 1. The first-order valence-electron chi connectivity index (χ1n) is 6.31. The maximum atomic E-state index is 11.7. The van der Waals surface area contributed by atoms with Gasteiger partial charge in [-0.05, 0) is 24.6 Å². The van der Waals surface area contributed by atoms with Crippen LogP contribution in [-0.2, 0) is 6.54 Å². The van der Waals surface area contributed by atoms with Crippen molar-refractivity contribution in [1.29, 1.82) is 0 Å². The molecule has 0 bridgehead atoms. The summed E-state index contributed by atoms with van der Waals surface area (Å²) in [5.41, 5.74) is 2.51. The maximum Gasteiger partial charge on any atom is 0.269 e. The number of hydrogen-bond donors (Lipinski definition) is 2. The second-order valence-corrected chi connectivity index (χ2v) is 4.13. The first-order valence-corrected chi connectivity index (χ1v) is 6.31. The molecule has 19 heavy (non-hydrogen) atoms. The number of aromatic nitrogens is 1. The van der Waals surface area contributed by atoms with Crippen molar-refractivity contribution < 1.29 is 4.79 Å². The lowest BCUT2D eigenvalue weighted by Gasteiger charge is -2.08. The zero-order valence-corrected chi connectivity index (χ0v) is 10.9. The lowest BCUT2D eigenvalue weighted by Crippen LogP contribution is -2.23. The predicted octanol–water partition coefficient (Wildman–Crippen LogP) is 2.44. The van der Waals surface area contributed by atoms with Gasteiger partial charge in [0.1, 0.15) is 5.69 Å². The van der Waals surface area contributed by atoms with Crippen LogP contribution in [0.1, 0.15) is 23.0 Å². The van der Waals surface area contributed by atoms with Gasteiger partial charge in [0.25, 0.3) is 5.91 Å². The van der Waals surface area contributed by atoms with Crippen molar-refractivity contribution in [3.8, 4) is 0 Å². The lowest BCUT2D eigenvalue weighted by atomic mass is 10.2. The Morgan fingerprint density at radius 3 is 2.74 bits per heavy atom. The van der Waals surface area contributed by atoms with Gasteiger partial charge in [0.05, 0.1) is 0 Å². The quantitative estimate of drug-likeness (QED) is 0.862. The second kappa shape index (κ2) is 6.54. The molecule has 1 amide bonds. The van der Waals surface area contributed by atoms with E-state index >= 15 is 0 Å². The molecule has 0 aliphatic carbocycles. The Kier molecular flexibility index (Phi) is 4.50. The molecule has 0 aliphatic heterocycles. The minimum atomic E-state index is -0.147. The number of benzene rings is 1. The van der Waals surface area contributed by atoms with Crippen LogP contribution in [0.4, 0.5) is 5.69 Å². The van der Waals surface area contributed by atoms with Gasteiger partial charge < -0.3 is 10.6 Å². The van der Waals surface area contributed by atoms with Crippen molar-refractivity contribution in [1.82, 2.24) is 10.3 Å². The van der Waals surface area contributed by atoms with Gasteiger partial charge in [0.2, 0.25) is 0 Å². The van der Waals surface area contributed by atoms with E-state index in [9.17, 15) is 4.79 Å². The Hall–Kier alpha value is -2.36. The van der Waals surface area contributed by atoms with E-state index in [4.69, 9.17) is 0 Å². The summed E-state index contributed by atoms with van der Waals surface area (Å²) in [6, 6.07) is 13.7. The van der Waals surface area contributed by atoms with Crippen LogP contribution in [0, 0.1) is 0 Å². The molecule has 4 nitrogen and oxygen atoms in total. The number of rotatable bonds is 5. The zero-order valence-electron chi connectivity index (χ0n) is 10.9. The largest absolute Gasteiger partial charge is 0.381 e. The summed E-state index contributed by atoms with van der Waals surface area (Å²) < 4.78 is 0. The van der Waals surface area contributed by atoms with Gasteiger partial charge in [0.15, 0.2) is 0 Å². The molecule has 0 unspecified atom stereocenters. The van der Waals surface area contributed by atoms with E-state index in [1.165, 1.54) is 5.56 Å². The Morgan fingerprint density at radius 2 is 2.00 bits per heavy atom. The highest BCUT2D eigenvalue weighted by molar-refractivity contribution is 5.93. The summed E-state index contributed by atoms with van der Waals surface area (Å²) in [7, 11) is 0. The molecule has 0 spiro atoms. The molecular formula is C15H17N3O. The van der Waals surface area contributed by atoms with Crippen LogP contribution in [0.5, 0.6) is 0 Å². The van der Waals surface area contributed by atoms with Crippen molar-refractivity contribution in [2.75, 3.05) is 11.9 Å². The van der Waals surface area contributed by atoms with E-state index in [-0.39, 0.29) is 5.91 Å². The van der Waals surface area contributed by atoms with Crippen LogP contribution >= 0.6 is 0 Å². The summed E-state index contributed by atoms with van der Waals surface area (Å²) in [6.07, 6.45) is 1.64. The lowest BCUT2D eigenvalue weighted by molar-refractivity contribution is 0.0951. The summed E-state index contributed by atoms with van der Waals surface area (Å²) in [5, 5.41) is 6.01. The van der Waals surface area contributed by atoms with E-state index in [1.54, 1.807) is 12.3 Å². The van der Waals surface area contributed by atoms with Gasteiger partial charge in [-0.15, -0.1) is 0 Å². The van der Waals surface area contributed by atoms with Gasteiger partial charge in [-0.3, -0.25) is 9.78 Å². The molecule has 98 valence electrons. The zero-order chi connectivity index (χ0) is 13.5. The molecule has 1 aromatic heterocycles. The fourth-order valence-electron chi connectivity index (χ4n) is 1.72. The minimum absolute atomic E-state index is 0.147. The molecule has 0 aliphatic rings. The Balaban J connectivity index is 2.01. The summed E-state index contributed by atoms with van der Waals surface area (Å²) in [6.45, 7) is 3.21. The average molecular weight is 255 g/mol. The normalized spacial score (nSPS) is 9.95. The van der Waals surface area contributed by atoms with Gasteiger partial charge in [-0.25, -0.2) is 0 Å².